The molecule has 0 spiro atoms. The molecule has 2 rings (SSSR count). The van der Waals surface area contributed by atoms with Crippen molar-refractivity contribution < 1.29 is 32.2 Å². The van der Waals surface area contributed by atoms with Crippen LogP contribution in [0.3, 0.4) is 0 Å². The number of nitrogens with one attached hydrogen (secondary N) is 2. The van der Waals surface area contributed by atoms with E-state index >= 15 is 0 Å². The van der Waals surface area contributed by atoms with Gasteiger partial charge >= 0.3 is 12.1 Å². The van der Waals surface area contributed by atoms with Crippen molar-refractivity contribution in [3.8, 4) is 0 Å². The summed E-state index contributed by atoms with van der Waals surface area (Å²) in [5.41, 5.74) is 0.693. The Labute approximate surface area is 166 Å². The molecule has 9 heteroatoms. The highest BCUT2D eigenvalue weighted by molar-refractivity contribution is 6.00. The topological polar surface area (TPSA) is 80.4 Å². The third-order valence-corrected chi connectivity index (χ3v) is 4.39. The number of hydrogen-bond acceptors (Lipinski definition) is 4. The molecule has 1 aromatic heterocycles. The summed E-state index contributed by atoms with van der Waals surface area (Å²) in [7, 11) is 1.48. The summed E-state index contributed by atoms with van der Waals surface area (Å²) in [6.45, 7) is 3.58. The smallest absolute Gasteiger partial charge is 0.416 e. The number of aromatic amines is 1. The average Bonchev–Trinajstić information content (AvgIpc) is 2.95. The number of carbonyl (C=O) groups is 2. The maximum Gasteiger partial charge on any atom is 0.416 e. The second-order valence-electron chi connectivity index (χ2n) is 6.41. The fraction of sp³-hybridized carbons (Fsp3) is 0.400. The van der Waals surface area contributed by atoms with E-state index in [1.807, 2.05) is 0 Å². The Morgan fingerprint density at radius 2 is 1.83 bits per heavy atom. The lowest BCUT2D eigenvalue weighted by molar-refractivity contribution is -0.138. The van der Waals surface area contributed by atoms with Crippen molar-refractivity contribution in [2.45, 2.75) is 26.4 Å². The lowest BCUT2D eigenvalue weighted by atomic mass is 10.0. The number of aromatic nitrogens is 1. The van der Waals surface area contributed by atoms with Crippen molar-refractivity contribution in [3.63, 3.8) is 0 Å². The molecular weight excluding hydrogens is 389 g/mol. The molecule has 0 saturated carbocycles. The largest absolute Gasteiger partial charge is 0.460 e. The van der Waals surface area contributed by atoms with Crippen molar-refractivity contribution >= 4 is 11.9 Å². The molecular formula is C20H23F3N2O4. The minimum absolute atomic E-state index is 0.0110. The number of amides is 1. The van der Waals surface area contributed by atoms with Crippen LogP contribution in [0, 0.1) is 13.8 Å². The highest BCUT2D eigenvalue weighted by Crippen LogP contribution is 2.31. The van der Waals surface area contributed by atoms with Crippen molar-refractivity contribution in [2.75, 3.05) is 26.9 Å². The van der Waals surface area contributed by atoms with Crippen LogP contribution >= 0.6 is 0 Å². The van der Waals surface area contributed by atoms with Gasteiger partial charge in [-0.25, -0.2) is 4.79 Å². The van der Waals surface area contributed by atoms with Gasteiger partial charge in [0.05, 0.1) is 17.7 Å². The number of alkyl halides is 3. The molecule has 0 aliphatic rings. The van der Waals surface area contributed by atoms with Gasteiger partial charge in [-0.05, 0) is 37.5 Å². The molecule has 0 aliphatic carbocycles. The molecule has 158 valence electrons. The Kier molecular flexibility index (Phi) is 7.44. The molecule has 1 aromatic carbocycles. The van der Waals surface area contributed by atoms with Gasteiger partial charge in [-0.15, -0.1) is 0 Å². The molecule has 0 saturated heterocycles. The third kappa shape index (κ3) is 5.60. The van der Waals surface area contributed by atoms with Crippen molar-refractivity contribution in [3.05, 3.63) is 57.9 Å². The lowest BCUT2D eigenvalue weighted by Crippen LogP contribution is -2.27. The van der Waals surface area contributed by atoms with E-state index < -0.39 is 23.6 Å². The second-order valence-corrected chi connectivity index (χ2v) is 6.41. The monoisotopic (exact) mass is 412 g/mol. The molecule has 2 N–H and O–H groups in total. The Balaban J connectivity index is 2.04. The van der Waals surface area contributed by atoms with Crippen LogP contribution in [0.1, 0.15) is 43.2 Å². The van der Waals surface area contributed by atoms with Crippen LogP contribution in [-0.2, 0) is 22.1 Å². The molecule has 0 bridgehead atoms. The fourth-order valence-corrected chi connectivity index (χ4v) is 2.99. The Morgan fingerprint density at radius 3 is 2.48 bits per heavy atom. The predicted octanol–water partition coefficient (Wildman–Crippen LogP) is 3.43. The molecule has 1 amide bonds. The molecule has 0 radical (unpaired) electrons. The van der Waals surface area contributed by atoms with E-state index in [2.05, 4.69) is 10.3 Å². The molecule has 6 nitrogen and oxygen atoms in total. The summed E-state index contributed by atoms with van der Waals surface area (Å²) in [6, 6.07) is 5.24. The van der Waals surface area contributed by atoms with Crippen LogP contribution in [0.2, 0.25) is 0 Å². The number of esters is 1. The van der Waals surface area contributed by atoms with Crippen LogP contribution in [-0.4, -0.2) is 43.7 Å². The number of aryl methyl sites for hydroxylation is 1. The van der Waals surface area contributed by atoms with Crippen LogP contribution in [0.15, 0.2) is 24.3 Å². The van der Waals surface area contributed by atoms with E-state index in [9.17, 15) is 22.8 Å². The molecule has 0 fully saturated rings. The normalized spacial score (nSPS) is 11.4. The Morgan fingerprint density at radius 1 is 1.14 bits per heavy atom. The van der Waals surface area contributed by atoms with E-state index in [1.54, 1.807) is 13.8 Å². The number of carbonyl (C=O) groups excluding carboxylic acids is 2. The van der Waals surface area contributed by atoms with Gasteiger partial charge < -0.3 is 19.8 Å². The summed E-state index contributed by atoms with van der Waals surface area (Å²) < 4.78 is 49.0. The molecule has 0 unspecified atom stereocenters. The number of H-pyrrole nitrogens is 1. The van der Waals surface area contributed by atoms with E-state index in [0.29, 0.717) is 11.3 Å². The van der Waals surface area contributed by atoms with Gasteiger partial charge in [-0.2, -0.15) is 13.2 Å². The first-order chi connectivity index (χ1) is 13.7. The minimum Gasteiger partial charge on any atom is -0.460 e. The van der Waals surface area contributed by atoms with Gasteiger partial charge in [0.15, 0.2) is 0 Å². The summed E-state index contributed by atoms with van der Waals surface area (Å²) in [6.07, 6.45) is -4.43. The summed E-state index contributed by atoms with van der Waals surface area (Å²) in [5.74, 6) is -1.09. The number of methoxy groups -OCH3 is 1. The van der Waals surface area contributed by atoms with Crippen LogP contribution in [0.25, 0.3) is 0 Å². The maximum absolute atomic E-state index is 13.0. The van der Waals surface area contributed by atoms with E-state index in [4.69, 9.17) is 9.47 Å². The fourth-order valence-electron chi connectivity index (χ4n) is 2.99. The summed E-state index contributed by atoms with van der Waals surface area (Å²) >= 11 is 0. The van der Waals surface area contributed by atoms with Gasteiger partial charge in [-0.3, -0.25) is 4.79 Å². The first kappa shape index (κ1) is 22.5. The van der Waals surface area contributed by atoms with E-state index in [-0.39, 0.29) is 43.0 Å². The average molecular weight is 412 g/mol. The predicted molar refractivity (Wildman–Crippen MR) is 99.9 cm³/mol. The van der Waals surface area contributed by atoms with Crippen LogP contribution < -0.4 is 5.32 Å². The second kappa shape index (κ2) is 9.60. The van der Waals surface area contributed by atoms with Crippen LogP contribution in [0.4, 0.5) is 13.2 Å². The zero-order valence-corrected chi connectivity index (χ0v) is 16.4. The van der Waals surface area contributed by atoms with Gasteiger partial charge in [0, 0.05) is 19.3 Å². The van der Waals surface area contributed by atoms with Crippen molar-refractivity contribution in [2.24, 2.45) is 0 Å². The molecule has 0 aliphatic heterocycles. The maximum atomic E-state index is 13.0. The number of rotatable bonds is 8. The van der Waals surface area contributed by atoms with Crippen molar-refractivity contribution in [1.82, 2.24) is 10.3 Å². The highest BCUT2D eigenvalue weighted by Gasteiger charge is 2.32. The van der Waals surface area contributed by atoms with Gasteiger partial charge in [0.1, 0.15) is 12.3 Å². The number of benzene rings is 1. The lowest BCUT2D eigenvalue weighted by Gasteiger charge is -2.13. The third-order valence-electron chi connectivity index (χ3n) is 4.39. The molecule has 1 heterocycles. The van der Waals surface area contributed by atoms with E-state index in [0.717, 1.165) is 6.07 Å². The quantitative estimate of drug-likeness (QED) is 0.514. The van der Waals surface area contributed by atoms with Gasteiger partial charge in [0.2, 0.25) is 0 Å². The first-order valence-corrected chi connectivity index (χ1v) is 8.95. The van der Waals surface area contributed by atoms with Gasteiger partial charge in [0.25, 0.3) is 5.91 Å². The number of hydrogen-bond donors (Lipinski definition) is 2. The number of halogens is 3. The Hall–Kier alpha value is -2.81. The molecule has 29 heavy (non-hydrogen) atoms. The minimum atomic E-state index is -4.45. The molecule has 0 atom stereocenters. The SMILES string of the molecule is COCCOC(=O)c1c(C)[nH]c(C(=O)NCCc2ccccc2C(F)(F)F)c1C. The summed E-state index contributed by atoms with van der Waals surface area (Å²) in [5, 5.41) is 2.59. The van der Waals surface area contributed by atoms with E-state index in [1.165, 1.54) is 25.3 Å². The number of ether oxygens (including phenoxy) is 2. The zero-order valence-electron chi connectivity index (χ0n) is 16.4. The summed E-state index contributed by atoms with van der Waals surface area (Å²) in [4.78, 5) is 27.5. The standard InChI is InChI=1S/C20H23F3N2O4/c1-12-16(19(27)29-11-10-28-3)13(2)25-17(12)18(26)24-9-8-14-6-4-5-7-15(14)20(21,22)23/h4-7,25H,8-11H2,1-3H3,(H,24,26). The van der Waals surface area contributed by atoms with Crippen LogP contribution in [0.5, 0.6) is 0 Å². The molecule has 2 aromatic rings. The van der Waals surface area contributed by atoms with Gasteiger partial charge in [-0.1, -0.05) is 18.2 Å². The highest BCUT2D eigenvalue weighted by atomic mass is 19.4. The zero-order chi connectivity index (χ0) is 21.6. The first-order valence-electron chi connectivity index (χ1n) is 8.95. The van der Waals surface area contributed by atoms with Crippen molar-refractivity contribution in [1.29, 1.82) is 0 Å². The Bertz CT molecular complexity index is 875.